The van der Waals surface area contributed by atoms with Gasteiger partial charge in [-0.1, -0.05) is 29.8 Å². The van der Waals surface area contributed by atoms with Crippen LogP contribution >= 0.6 is 0 Å². The molecule has 0 spiro atoms. The number of rotatable bonds is 7. The molecule has 3 N–H and O–H groups in total. The second-order valence-corrected chi connectivity index (χ2v) is 6.15. The summed E-state index contributed by atoms with van der Waals surface area (Å²) in [5, 5.41) is 21.6. The minimum absolute atomic E-state index is 0.0578. The molecule has 0 radical (unpaired) electrons. The summed E-state index contributed by atoms with van der Waals surface area (Å²) in [6.07, 6.45) is -0.141. The van der Waals surface area contributed by atoms with Crippen LogP contribution in [0.2, 0.25) is 0 Å². The average molecular weight is 371 g/mol. The Morgan fingerprint density at radius 1 is 1.07 bits per heavy atom. The van der Waals surface area contributed by atoms with Gasteiger partial charge in [-0.2, -0.15) is 0 Å². The highest BCUT2D eigenvalue weighted by molar-refractivity contribution is 6.00. The number of aryl methyl sites for hydroxylation is 1. The van der Waals surface area contributed by atoms with Crippen molar-refractivity contribution < 1.29 is 29.3 Å². The highest BCUT2D eigenvalue weighted by atomic mass is 16.5. The third kappa shape index (κ3) is 5.85. The minimum atomic E-state index is -0.666. The van der Waals surface area contributed by atoms with E-state index in [4.69, 9.17) is 4.74 Å². The summed E-state index contributed by atoms with van der Waals surface area (Å²) in [7, 11) is 0. The Kier molecular flexibility index (Phi) is 6.54. The molecule has 27 heavy (non-hydrogen) atoms. The van der Waals surface area contributed by atoms with E-state index in [0.29, 0.717) is 0 Å². The van der Waals surface area contributed by atoms with E-state index in [9.17, 15) is 24.6 Å². The molecule has 0 aliphatic carbocycles. The van der Waals surface area contributed by atoms with Gasteiger partial charge in [-0.05, 0) is 24.6 Å². The number of Topliss-reactive ketones (excluding diaryl/α,β-unsaturated/α-hetero) is 1. The predicted molar refractivity (Wildman–Crippen MR) is 97.4 cm³/mol. The first-order valence-electron chi connectivity index (χ1n) is 8.30. The third-order valence-electron chi connectivity index (χ3n) is 3.87. The SMILES string of the molecule is CC(=O)N[C@H](CC(=O)OCC(=O)c1ccc(O)cc1O)c1ccc(C)cc1. The molecule has 2 aromatic carbocycles. The van der Waals surface area contributed by atoms with Gasteiger partial charge in [0.2, 0.25) is 11.7 Å². The van der Waals surface area contributed by atoms with Gasteiger partial charge in [-0.25, -0.2) is 0 Å². The van der Waals surface area contributed by atoms with Crippen molar-refractivity contribution in [3.63, 3.8) is 0 Å². The maximum Gasteiger partial charge on any atom is 0.308 e. The van der Waals surface area contributed by atoms with Crippen LogP contribution in [0.1, 0.15) is 40.9 Å². The fourth-order valence-electron chi connectivity index (χ4n) is 2.50. The van der Waals surface area contributed by atoms with Crippen LogP contribution in [-0.2, 0) is 14.3 Å². The molecule has 0 aromatic heterocycles. The van der Waals surface area contributed by atoms with Gasteiger partial charge in [0.05, 0.1) is 18.0 Å². The fraction of sp³-hybridized carbons (Fsp3) is 0.250. The monoisotopic (exact) mass is 371 g/mol. The largest absolute Gasteiger partial charge is 0.508 e. The Bertz CT molecular complexity index is 844. The second-order valence-electron chi connectivity index (χ2n) is 6.15. The lowest BCUT2D eigenvalue weighted by molar-refractivity contribution is -0.143. The highest BCUT2D eigenvalue weighted by Gasteiger charge is 2.20. The zero-order valence-electron chi connectivity index (χ0n) is 15.1. The molecule has 0 unspecified atom stereocenters. The number of ketones is 1. The van der Waals surface area contributed by atoms with E-state index >= 15 is 0 Å². The van der Waals surface area contributed by atoms with E-state index in [0.717, 1.165) is 17.2 Å². The van der Waals surface area contributed by atoms with Crippen LogP contribution in [0, 0.1) is 6.92 Å². The average Bonchev–Trinajstić information content (AvgIpc) is 2.59. The molecule has 7 heteroatoms. The van der Waals surface area contributed by atoms with Crippen molar-refractivity contribution >= 4 is 17.7 Å². The lowest BCUT2D eigenvalue weighted by atomic mass is 10.0. The molecule has 0 heterocycles. The van der Waals surface area contributed by atoms with E-state index in [1.165, 1.54) is 19.1 Å². The van der Waals surface area contributed by atoms with Crippen LogP contribution in [-0.4, -0.2) is 34.5 Å². The van der Waals surface area contributed by atoms with Gasteiger partial charge in [-0.15, -0.1) is 0 Å². The number of nitrogens with one attached hydrogen (secondary N) is 1. The molecule has 7 nitrogen and oxygen atoms in total. The highest BCUT2D eigenvalue weighted by Crippen LogP contribution is 2.23. The first-order chi connectivity index (χ1) is 12.8. The summed E-state index contributed by atoms with van der Waals surface area (Å²) in [4.78, 5) is 35.6. The Morgan fingerprint density at radius 2 is 1.74 bits per heavy atom. The van der Waals surface area contributed by atoms with Crippen molar-refractivity contribution in [3.05, 3.63) is 59.2 Å². The number of amides is 1. The van der Waals surface area contributed by atoms with Crippen LogP contribution in [0.3, 0.4) is 0 Å². The van der Waals surface area contributed by atoms with Gasteiger partial charge in [0.1, 0.15) is 11.5 Å². The Hall–Kier alpha value is -3.35. The van der Waals surface area contributed by atoms with Crippen molar-refractivity contribution in [3.8, 4) is 11.5 Å². The van der Waals surface area contributed by atoms with Crippen LogP contribution in [0.15, 0.2) is 42.5 Å². The molecule has 142 valence electrons. The zero-order valence-corrected chi connectivity index (χ0v) is 15.1. The van der Waals surface area contributed by atoms with Crippen LogP contribution in [0.5, 0.6) is 11.5 Å². The van der Waals surface area contributed by atoms with E-state index in [1.807, 2.05) is 31.2 Å². The van der Waals surface area contributed by atoms with Gasteiger partial charge >= 0.3 is 5.97 Å². The van der Waals surface area contributed by atoms with Crippen molar-refractivity contribution in [2.75, 3.05) is 6.61 Å². The van der Waals surface area contributed by atoms with Crippen molar-refractivity contribution in [1.82, 2.24) is 5.32 Å². The number of benzene rings is 2. The number of aromatic hydroxyl groups is 2. The molecule has 0 saturated carbocycles. The lowest BCUT2D eigenvalue weighted by Gasteiger charge is -2.18. The Morgan fingerprint density at radius 3 is 2.33 bits per heavy atom. The molecule has 1 amide bonds. The summed E-state index contributed by atoms with van der Waals surface area (Å²) < 4.78 is 4.99. The molecular weight excluding hydrogens is 350 g/mol. The molecule has 0 aliphatic heterocycles. The van der Waals surface area contributed by atoms with Gasteiger partial charge in [0.15, 0.2) is 6.61 Å². The van der Waals surface area contributed by atoms with Gasteiger partial charge in [0.25, 0.3) is 0 Å². The standard InChI is InChI=1S/C20H21NO6/c1-12-3-5-14(6-4-12)17(21-13(2)22)10-20(26)27-11-19(25)16-8-7-15(23)9-18(16)24/h3-9,17,23-24H,10-11H2,1-2H3,(H,21,22)/t17-/m1/s1. The van der Waals surface area contributed by atoms with Crippen LogP contribution < -0.4 is 5.32 Å². The third-order valence-corrected chi connectivity index (χ3v) is 3.87. The van der Waals surface area contributed by atoms with E-state index in [1.54, 1.807) is 0 Å². The molecule has 1 atom stereocenters. The summed E-state index contributed by atoms with van der Waals surface area (Å²) >= 11 is 0. The van der Waals surface area contributed by atoms with Gasteiger partial charge in [-0.3, -0.25) is 14.4 Å². The smallest absolute Gasteiger partial charge is 0.308 e. The van der Waals surface area contributed by atoms with Gasteiger partial charge < -0.3 is 20.3 Å². The Labute approximate surface area is 156 Å². The lowest BCUT2D eigenvalue weighted by Crippen LogP contribution is -2.29. The second kappa shape index (κ2) is 8.84. The predicted octanol–water partition coefficient (Wildman–Crippen LogP) is 2.40. The van der Waals surface area contributed by atoms with Crippen molar-refractivity contribution in [2.45, 2.75) is 26.3 Å². The Balaban J connectivity index is 1.99. The number of carbonyl (C=O) groups is 3. The summed E-state index contributed by atoms with van der Waals surface area (Å²) in [5.74, 6) is -2.14. The number of phenolic OH excluding ortho intramolecular Hbond substituents is 2. The number of hydrogen-bond acceptors (Lipinski definition) is 6. The first-order valence-corrected chi connectivity index (χ1v) is 8.30. The molecule has 2 aromatic rings. The van der Waals surface area contributed by atoms with Crippen molar-refractivity contribution in [2.24, 2.45) is 0 Å². The summed E-state index contributed by atoms with van der Waals surface area (Å²) in [5.41, 5.74) is 1.73. The fourth-order valence-corrected chi connectivity index (χ4v) is 2.50. The van der Waals surface area contributed by atoms with Gasteiger partial charge in [0, 0.05) is 13.0 Å². The van der Waals surface area contributed by atoms with E-state index in [2.05, 4.69) is 5.32 Å². The zero-order chi connectivity index (χ0) is 20.0. The molecule has 0 bridgehead atoms. The number of esters is 1. The minimum Gasteiger partial charge on any atom is -0.508 e. The maximum atomic E-state index is 12.1. The number of ether oxygens (including phenoxy) is 1. The molecule has 0 aliphatic rings. The van der Waals surface area contributed by atoms with Crippen LogP contribution in [0.4, 0.5) is 0 Å². The van der Waals surface area contributed by atoms with Crippen molar-refractivity contribution in [1.29, 1.82) is 0 Å². The molecule has 0 saturated heterocycles. The van der Waals surface area contributed by atoms with E-state index in [-0.39, 0.29) is 23.6 Å². The summed E-state index contributed by atoms with van der Waals surface area (Å²) in [6, 6.07) is 10.3. The number of phenols is 2. The van der Waals surface area contributed by atoms with E-state index < -0.39 is 30.2 Å². The number of hydrogen-bond donors (Lipinski definition) is 3. The normalized spacial score (nSPS) is 11.5. The quantitative estimate of drug-likeness (QED) is 0.509. The van der Waals surface area contributed by atoms with Crippen LogP contribution in [0.25, 0.3) is 0 Å². The maximum absolute atomic E-state index is 12.1. The summed E-state index contributed by atoms with van der Waals surface area (Å²) in [6.45, 7) is 2.72. The molecular formula is C20H21NO6. The molecule has 2 rings (SSSR count). The molecule has 0 fully saturated rings. The topological polar surface area (TPSA) is 113 Å². The first kappa shape index (κ1) is 20.0. The number of carbonyl (C=O) groups excluding carboxylic acids is 3.